The molecule has 2 aliphatic rings. The summed E-state index contributed by atoms with van der Waals surface area (Å²) in [5.41, 5.74) is 2.11. The molecule has 2 aromatic rings. The van der Waals surface area contributed by atoms with E-state index in [9.17, 15) is 4.79 Å². The predicted molar refractivity (Wildman–Crippen MR) is 85.5 cm³/mol. The van der Waals surface area contributed by atoms with Crippen molar-refractivity contribution in [1.29, 1.82) is 0 Å². The number of aromatic nitrogens is 2. The van der Waals surface area contributed by atoms with Crippen molar-refractivity contribution in [2.75, 3.05) is 13.1 Å². The molecule has 22 heavy (non-hydrogen) atoms. The first kappa shape index (κ1) is 13.7. The SMILES string of the molecule is O=C(c1cnc2ccccc2n1)N1CC[C@H]2CCCC[C@@H]2C1. The Bertz CT molecular complexity index is 700. The van der Waals surface area contributed by atoms with Crippen LogP contribution in [0.2, 0.25) is 0 Å². The number of carbonyl (C=O) groups is 1. The molecule has 1 aromatic carbocycles. The van der Waals surface area contributed by atoms with Gasteiger partial charge in [-0.3, -0.25) is 9.78 Å². The normalized spacial score (nSPS) is 25.0. The van der Waals surface area contributed by atoms with Gasteiger partial charge >= 0.3 is 0 Å². The number of carbonyl (C=O) groups excluding carboxylic acids is 1. The number of para-hydroxylation sites is 2. The van der Waals surface area contributed by atoms with Crippen LogP contribution in [0, 0.1) is 11.8 Å². The minimum atomic E-state index is 0.0438. The van der Waals surface area contributed by atoms with Crippen molar-refractivity contribution in [3.05, 3.63) is 36.2 Å². The molecule has 2 fully saturated rings. The molecule has 1 amide bonds. The molecular formula is C18H21N3O. The van der Waals surface area contributed by atoms with Gasteiger partial charge in [0.25, 0.3) is 5.91 Å². The second-order valence-corrected chi connectivity index (χ2v) is 6.59. The van der Waals surface area contributed by atoms with Crippen LogP contribution >= 0.6 is 0 Å². The van der Waals surface area contributed by atoms with Crippen molar-refractivity contribution in [1.82, 2.24) is 14.9 Å². The van der Waals surface area contributed by atoms with Gasteiger partial charge < -0.3 is 4.90 Å². The molecule has 0 radical (unpaired) electrons. The molecule has 1 aliphatic heterocycles. The van der Waals surface area contributed by atoms with Crippen LogP contribution in [0.25, 0.3) is 11.0 Å². The molecular weight excluding hydrogens is 274 g/mol. The Labute approximate surface area is 130 Å². The molecule has 2 heterocycles. The molecule has 4 rings (SSSR count). The van der Waals surface area contributed by atoms with Crippen LogP contribution in [0.15, 0.2) is 30.5 Å². The van der Waals surface area contributed by atoms with Gasteiger partial charge in [-0.25, -0.2) is 4.98 Å². The summed E-state index contributed by atoms with van der Waals surface area (Å²) in [6.07, 6.45) is 8.08. The van der Waals surface area contributed by atoms with Gasteiger partial charge in [-0.15, -0.1) is 0 Å². The Morgan fingerprint density at radius 3 is 2.68 bits per heavy atom. The second-order valence-electron chi connectivity index (χ2n) is 6.59. The lowest BCUT2D eigenvalue weighted by molar-refractivity contribution is 0.0515. The molecule has 4 heteroatoms. The Balaban J connectivity index is 1.55. The van der Waals surface area contributed by atoms with Crippen molar-refractivity contribution in [3.63, 3.8) is 0 Å². The number of amides is 1. The van der Waals surface area contributed by atoms with Gasteiger partial charge in [-0.1, -0.05) is 31.4 Å². The fourth-order valence-electron chi connectivity index (χ4n) is 4.01. The molecule has 0 spiro atoms. The highest BCUT2D eigenvalue weighted by atomic mass is 16.2. The molecule has 1 saturated heterocycles. The number of benzene rings is 1. The fraction of sp³-hybridized carbons (Fsp3) is 0.500. The lowest BCUT2D eigenvalue weighted by atomic mass is 9.75. The van der Waals surface area contributed by atoms with Gasteiger partial charge in [0.1, 0.15) is 5.69 Å². The molecule has 114 valence electrons. The number of fused-ring (bicyclic) bond motifs is 2. The van der Waals surface area contributed by atoms with E-state index in [0.29, 0.717) is 11.6 Å². The van der Waals surface area contributed by atoms with Crippen molar-refractivity contribution in [3.8, 4) is 0 Å². The highest BCUT2D eigenvalue weighted by Gasteiger charge is 2.33. The molecule has 1 aromatic heterocycles. The molecule has 2 atom stereocenters. The fourth-order valence-corrected chi connectivity index (χ4v) is 4.01. The lowest BCUT2D eigenvalue weighted by Crippen LogP contribution is -2.45. The van der Waals surface area contributed by atoms with Gasteiger partial charge in [0, 0.05) is 13.1 Å². The van der Waals surface area contributed by atoms with Gasteiger partial charge in [0.15, 0.2) is 0 Å². The van der Waals surface area contributed by atoms with Crippen molar-refractivity contribution >= 4 is 16.9 Å². The average molecular weight is 295 g/mol. The van der Waals surface area contributed by atoms with E-state index in [2.05, 4.69) is 9.97 Å². The summed E-state index contributed by atoms with van der Waals surface area (Å²) in [6, 6.07) is 7.70. The molecule has 0 unspecified atom stereocenters. The maximum Gasteiger partial charge on any atom is 0.274 e. The third kappa shape index (κ3) is 2.47. The Kier molecular flexibility index (Phi) is 3.53. The summed E-state index contributed by atoms with van der Waals surface area (Å²) in [6.45, 7) is 1.77. The number of likely N-dealkylation sites (tertiary alicyclic amines) is 1. The molecule has 0 bridgehead atoms. The third-order valence-corrected chi connectivity index (χ3v) is 5.25. The van der Waals surface area contributed by atoms with Crippen molar-refractivity contribution < 1.29 is 4.79 Å². The van der Waals surface area contributed by atoms with E-state index in [4.69, 9.17) is 0 Å². The summed E-state index contributed by atoms with van der Waals surface area (Å²) in [5.74, 6) is 1.57. The van der Waals surface area contributed by atoms with E-state index >= 15 is 0 Å². The van der Waals surface area contributed by atoms with Crippen LogP contribution in [0.4, 0.5) is 0 Å². The molecule has 0 N–H and O–H groups in total. The number of hydrogen-bond acceptors (Lipinski definition) is 3. The van der Waals surface area contributed by atoms with Gasteiger partial charge in [0.05, 0.1) is 17.2 Å². The number of nitrogens with zero attached hydrogens (tertiary/aromatic N) is 3. The summed E-state index contributed by atoms with van der Waals surface area (Å²) < 4.78 is 0. The summed E-state index contributed by atoms with van der Waals surface area (Å²) >= 11 is 0. The first-order valence-corrected chi connectivity index (χ1v) is 8.32. The minimum absolute atomic E-state index is 0.0438. The largest absolute Gasteiger partial charge is 0.337 e. The Morgan fingerprint density at radius 1 is 1.05 bits per heavy atom. The monoisotopic (exact) mass is 295 g/mol. The maximum absolute atomic E-state index is 12.7. The summed E-state index contributed by atoms with van der Waals surface area (Å²) in [5, 5.41) is 0. The minimum Gasteiger partial charge on any atom is -0.337 e. The van der Waals surface area contributed by atoms with E-state index < -0.39 is 0 Å². The van der Waals surface area contributed by atoms with Crippen LogP contribution in [0.5, 0.6) is 0 Å². The van der Waals surface area contributed by atoms with Crippen molar-refractivity contribution in [2.24, 2.45) is 11.8 Å². The highest BCUT2D eigenvalue weighted by molar-refractivity contribution is 5.93. The number of hydrogen-bond donors (Lipinski definition) is 0. The van der Waals surface area contributed by atoms with E-state index in [1.165, 1.54) is 25.7 Å². The molecule has 1 saturated carbocycles. The topological polar surface area (TPSA) is 46.1 Å². The van der Waals surface area contributed by atoms with Crippen LogP contribution in [0.3, 0.4) is 0 Å². The zero-order chi connectivity index (χ0) is 14.9. The quantitative estimate of drug-likeness (QED) is 0.811. The maximum atomic E-state index is 12.7. The smallest absolute Gasteiger partial charge is 0.274 e. The lowest BCUT2D eigenvalue weighted by Gasteiger charge is -2.41. The average Bonchev–Trinajstić information content (AvgIpc) is 2.60. The Hall–Kier alpha value is -1.97. The predicted octanol–water partition coefficient (Wildman–Crippen LogP) is 3.28. The third-order valence-electron chi connectivity index (χ3n) is 5.25. The summed E-state index contributed by atoms with van der Waals surface area (Å²) in [7, 11) is 0. The van der Waals surface area contributed by atoms with E-state index in [1.54, 1.807) is 6.20 Å². The van der Waals surface area contributed by atoms with E-state index in [1.807, 2.05) is 29.2 Å². The van der Waals surface area contributed by atoms with Crippen LogP contribution in [-0.2, 0) is 0 Å². The Morgan fingerprint density at radius 2 is 1.82 bits per heavy atom. The first-order chi connectivity index (χ1) is 10.8. The highest BCUT2D eigenvalue weighted by Crippen LogP contribution is 2.36. The van der Waals surface area contributed by atoms with Gasteiger partial charge in [-0.2, -0.15) is 0 Å². The zero-order valence-corrected chi connectivity index (χ0v) is 12.7. The van der Waals surface area contributed by atoms with Crippen molar-refractivity contribution in [2.45, 2.75) is 32.1 Å². The van der Waals surface area contributed by atoms with Crippen LogP contribution in [-0.4, -0.2) is 33.9 Å². The molecule has 1 aliphatic carbocycles. The van der Waals surface area contributed by atoms with E-state index in [-0.39, 0.29) is 5.91 Å². The van der Waals surface area contributed by atoms with Gasteiger partial charge in [-0.05, 0) is 36.8 Å². The zero-order valence-electron chi connectivity index (χ0n) is 12.7. The van der Waals surface area contributed by atoms with Crippen LogP contribution in [0.1, 0.15) is 42.6 Å². The molecule has 4 nitrogen and oxygen atoms in total. The first-order valence-electron chi connectivity index (χ1n) is 8.32. The standard InChI is InChI=1S/C18H21N3O/c22-18(17-11-19-15-7-3-4-8-16(15)20-17)21-10-9-13-5-1-2-6-14(13)12-21/h3-4,7-8,11,13-14H,1-2,5-6,9-10,12H2/t13-,14-/m1/s1. The van der Waals surface area contributed by atoms with Gasteiger partial charge in [0.2, 0.25) is 0 Å². The second kappa shape index (κ2) is 5.67. The van der Waals surface area contributed by atoms with E-state index in [0.717, 1.165) is 36.5 Å². The van der Waals surface area contributed by atoms with Crippen LogP contribution < -0.4 is 0 Å². The number of piperidine rings is 1. The number of rotatable bonds is 1. The summed E-state index contributed by atoms with van der Waals surface area (Å²) in [4.78, 5) is 23.6.